The van der Waals surface area contributed by atoms with Crippen LogP contribution in [0.3, 0.4) is 0 Å². The van der Waals surface area contributed by atoms with Crippen LogP contribution < -0.4 is 10.6 Å². The molecule has 2 heterocycles. The molecule has 20 heavy (non-hydrogen) atoms. The van der Waals surface area contributed by atoms with E-state index in [1.165, 1.54) is 12.1 Å². The Morgan fingerprint density at radius 2 is 1.95 bits per heavy atom. The summed E-state index contributed by atoms with van der Waals surface area (Å²) in [5, 5.41) is 0. The molecular weight excluding hydrogens is 250 g/mol. The van der Waals surface area contributed by atoms with Crippen LogP contribution in [0.25, 0.3) is 0 Å². The van der Waals surface area contributed by atoms with Crippen molar-refractivity contribution in [3.8, 4) is 0 Å². The predicted molar refractivity (Wildman–Crippen MR) is 80.5 cm³/mol. The third kappa shape index (κ3) is 2.96. The van der Waals surface area contributed by atoms with Crippen LogP contribution in [0.15, 0.2) is 30.3 Å². The summed E-state index contributed by atoms with van der Waals surface area (Å²) < 4.78 is 0. The molecule has 2 atom stereocenters. The standard InChI is InChI=1S/C16H23N3O/c17-16(20)14-7-8-18(12-14)10-13-6-9-19(11-13)15-4-2-1-3-5-15/h1-5,13-14H,6-12H2,(H2,17,20). The second kappa shape index (κ2) is 5.83. The summed E-state index contributed by atoms with van der Waals surface area (Å²) in [6.45, 7) is 5.25. The first-order chi connectivity index (χ1) is 9.72. The lowest BCUT2D eigenvalue weighted by molar-refractivity contribution is -0.121. The second-order valence-electron chi connectivity index (χ2n) is 6.08. The van der Waals surface area contributed by atoms with Gasteiger partial charge >= 0.3 is 0 Å². The molecule has 4 nitrogen and oxygen atoms in total. The molecule has 2 unspecified atom stereocenters. The first-order valence-corrected chi connectivity index (χ1v) is 7.54. The first kappa shape index (κ1) is 13.4. The van der Waals surface area contributed by atoms with Gasteiger partial charge in [-0.1, -0.05) is 18.2 Å². The third-order valence-electron chi connectivity index (χ3n) is 4.60. The smallest absolute Gasteiger partial charge is 0.221 e. The van der Waals surface area contributed by atoms with Gasteiger partial charge in [-0.2, -0.15) is 0 Å². The van der Waals surface area contributed by atoms with Crippen LogP contribution in [0.2, 0.25) is 0 Å². The number of nitrogens with two attached hydrogens (primary N) is 1. The molecule has 2 aliphatic rings. The molecule has 3 rings (SSSR count). The van der Waals surface area contributed by atoms with E-state index >= 15 is 0 Å². The molecule has 1 amide bonds. The van der Waals surface area contributed by atoms with Gasteiger partial charge in [-0.15, -0.1) is 0 Å². The van der Waals surface area contributed by atoms with Crippen LogP contribution in [-0.4, -0.2) is 43.5 Å². The zero-order chi connectivity index (χ0) is 13.9. The van der Waals surface area contributed by atoms with Crippen LogP contribution in [0.5, 0.6) is 0 Å². The number of primary amides is 1. The van der Waals surface area contributed by atoms with Crippen molar-refractivity contribution in [2.45, 2.75) is 12.8 Å². The molecule has 1 aromatic carbocycles. The van der Waals surface area contributed by atoms with Gasteiger partial charge in [0.2, 0.25) is 5.91 Å². The molecule has 0 bridgehead atoms. The van der Waals surface area contributed by atoms with Crippen LogP contribution in [-0.2, 0) is 4.79 Å². The SMILES string of the molecule is NC(=O)C1CCN(CC2CCN(c3ccccc3)C2)C1. The zero-order valence-electron chi connectivity index (χ0n) is 11.9. The van der Waals surface area contributed by atoms with Crippen molar-refractivity contribution in [2.24, 2.45) is 17.6 Å². The van der Waals surface area contributed by atoms with Gasteiger partial charge in [0.25, 0.3) is 0 Å². The predicted octanol–water partition coefficient (Wildman–Crippen LogP) is 1.32. The Labute approximate surface area is 120 Å². The van der Waals surface area contributed by atoms with E-state index < -0.39 is 0 Å². The van der Waals surface area contributed by atoms with E-state index in [9.17, 15) is 4.79 Å². The van der Waals surface area contributed by atoms with E-state index in [1.807, 2.05) is 0 Å². The van der Waals surface area contributed by atoms with Crippen LogP contribution in [0.1, 0.15) is 12.8 Å². The third-order valence-corrected chi connectivity index (χ3v) is 4.60. The molecular formula is C16H23N3O. The van der Waals surface area contributed by atoms with Gasteiger partial charge in [0.15, 0.2) is 0 Å². The summed E-state index contributed by atoms with van der Waals surface area (Å²) in [6, 6.07) is 10.6. The Morgan fingerprint density at radius 1 is 1.15 bits per heavy atom. The average molecular weight is 273 g/mol. The van der Waals surface area contributed by atoms with Gasteiger partial charge in [-0.25, -0.2) is 0 Å². The van der Waals surface area contributed by atoms with Gasteiger partial charge in [-0.05, 0) is 37.4 Å². The molecule has 0 spiro atoms. The van der Waals surface area contributed by atoms with Gasteiger partial charge in [0.1, 0.15) is 0 Å². The van der Waals surface area contributed by atoms with E-state index in [2.05, 4.69) is 40.1 Å². The van der Waals surface area contributed by atoms with Crippen molar-refractivity contribution in [2.75, 3.05) is 37.6 Å². The maximum atomic E-state index is 11.2. The average Bonchev–Trinajstić information content (AvgIpc) is 3.10. The number of carbonyl (C=O) groups excluding carboxylic acids is 1. The van der Waals surface area contributed by atoms with E-state index in [4.69, 9.17) is 5.73 Å². The molecule has 108 valence electrons. The fraction of sp³-hybridized carbons (Fsp3) is 0.562. The number of para-hydroxylation sites is 1. The first-order valence-electron chi connectivity index (χ1n) is 7.54. The molecule has 0 saturated carbocycles. The quantitative estimate of drug-likeness (QED) is 0.900. The summed E-state index contributed by atoms with van der Waals surface area (Å²) in [6.07, 6.45) is 2.18. The van der Waals surface area contributed by atoms with Gasteiger partial charge in [0, 0.05) is 31.9 Å². The van der Waals surface area contributed by atoms with E-state index in [0.29, 0.717) is 5.92 Å². The number of carbonyl (C=O) groups is 1. The fourth-order valence-corrected chi connectivity index (χ4v) is 3.45. The minimum Gasteiger partial charge on any atom is -0.371 e. The Balaban J connectivity index is 1.50. The number of benzene rings is 1. The summed E-state index contributed by atoms with van der Waals surface area (Å²) in [4.78, 5) is 16.1. The molecule has 2 N–H and O–H groups in total. The summed E-state index contributed by atoms with van der Waals surface area (Å²) in [5.74, 6) is 0.647. The normalized spacial score (nSPS) is 27.1. The van der Waals surface area contributed by atoms with Gasteiger partial charge < -0.3 is 15.5 Å². The minimum absolute atomic E-state index is 0.0710. The lowest BCUT2D eigenvalue weighted by Gasteiger charge is -2.22. The topological polar surface area (TPSA) is 49.6 Å². The highest BCUT2D eigenvalue weighted by Crippen LogP contribution is 2.25. The highest BCUT2D eigenvalue weighted by atomic mass is 16.1. The van der Waals surface area contributed by atoms with Crippen molar-refractivity contribution >= 4 is 11.6 Å². The van der Waals surface area contributed by atoms with Gasteiger partial charge in [0.05, 0.1) is 5.92 Å². The summed E-state index contributed by atoms with van der Waals surface area (Å²) in [5.41, 5.74) is 6.72. The Hall–Kier alpha value is -1.55. The molecule has 2 aliphatic heterocycles. The van der Waals surface area contributed by atoms with Crippen molar-refractivity contribution in [3.05, 3.63) is 30.3 Å². The number of likely N-dealkylation sites (tertiary alicyclic amines) is 1. The largest absolute Gasteiger partial charge is 0.371 e. The lowest BCUT2D eigenvalue weighted by atomic mass is 10.1. The highest BCUT2D eigenvalue weighted by molar-refractivity contribution is 5.77. The maximum Gasteiger partial charge on any atom is 0.221 e. The van der Waals surface area contributed by atoms with Crippen molar-refractivity contribution < 1.29 is 4.79 Å². The highest BCUT2D eigenvalue weighted by Gasteiger charge is 2.30. The van der Waals surface area contributed by atoms with Crippen LogP contribution >= 0.6 is 0 Å². The molecule has 4 heteroatoms. The molecule has 0 aromatic heterocycles. The molecule has 2 fully saturated rings. The number of hydrogen-bond donors (Lipinski definition) is 1. The number of hydrogen-bond acceptors (Lipinski definition) is 3. The Bertz CT molecular complexity index is 462. The van der Waals surface area contributed by atoms with Crippen molar-refractivity contribution in [1.82, 2.24) is 4.90 Å². The van der Waals surface area contributed by atoms with E-state index in [0.717, 1.165) is 39.1 Å². The number of amides is 1. The number of nitrogens with zero attached hydrogens (tertiary/aromatic N) is 2. The van der Waals surface area contributed by atoms with E-state index in [-0.39, 0.29) is 11.8 Å². The maximum absolute atomic E-state index is 11.2. The minimum atomic E-state index is -0.134. The van der Waals surface area contributed by atoms with Crippen LogP contribution in [0.4, 0.5) is 5.69 Å². The molecule has 0 radical (unpaired) electrons. The Kier molecular flexibility index (Phi) is 3.92. The molecule has 0 aliphatic carbocycles. The summed E-state index contributed by atoms with van der Waals surface area (Å²) >= 11 is 0. The Morgan fingerprint density at radius 3 is 2.65 bits per heavy atom. The monoisotopic (exact) mass is 273 g/mol. The van der Waals surface area contributed by atoms with Crippen molar-refractivity contribution in [3.63, 3.8) is 0 Å². The number of rotatable bonds is 4. The molecule has 2 saturated heterocycles. The van der Waals surface area contributed by atoms with Crippen LogP contribution in [0, 0.1) is 11.8 Å². The van der Waals surface area contributed by atoms with Crippen molar-refractivity contribution in [1.29, 1.82) is 0 Å². The lowest BCUT2D eigenvalue weighted by Crippen LogP contribution is -2.32. The fourth-order valence-electron chi connectivity index (χ4n) is 3.45. The zero-order valence-corrected chi connectivity index (χ0v) is 11.9. The number of anilines is 1. The van der Waals surface area contributed by atoms with Gasteiger partial charge in [-0.3, -0.25) is 4.79 Å². The molecule has 1 aromatic rings. The van der Waals surface area contributed by atoms with E-state index in [1.54, 1.807) is 0 Å². The second-order valence-corrected chi connectivity index (χ2v) is 6.08. The summed E-state index contributed by atoms with van der Waals surface area (Å²) in [7, 11) is 0.